The van der Waals surface area contributed by atoms with Crippen molar-refractivity contribution in [3.63, 3.8) is 0 Å². The summed E-state index contributed by atoms with van der Waals surface area (Å²) in [5, 5.41) is 4.01. The number of alkyl halides is 3. The van der Waals surface area contributed by atoms with Crippen LogP contribution in [0.1, 0.15) is 81.5 Å². The van der Waals surface area contributed by atoms with Gasteiger partial charge in [0.25, 0.3) is 5.91 Å². The van der Waals surface area contributed by atoms with E-state index in [9.17, 15) is 22.8 Å². The Labute approximate surface area is 263 Å². The van der Waals surface area contributed by atoms with Crippen molar-refractivity contribution in [1.82, 2.24) is 29.6 Å². The number of aromatic nitrogens is 4. The third-order valence-electron chi connectivity index (χ3n) is 7.45. The number of hydrogen-bond donors (Lipinski definition) is 2. The third-order valence-corrected chi connectivity index (χ3v) is 8.46. The molecule has 1 aliphatic rings. The molecule has 0 bridgehead atoms. The molecule has 1 saturated heterocycles. The lowest BCUT2D eigenvalue weighted by Gasteiger charge is -2.31. The van der Waals surface area contributed by atoms with Crippen molar-refractivity contribution < 1.29 is 22.8 Å². The number of pyridine rings is 2. The first-order valence-corrected chi connectivity index (χ1v) is 15.3. The fourth-order valence-corrected chi connectivity index (χ4v) is 6.05. The molecule has 0 aromatic carbocycles. The maximum Gasteiger partial charge on any atom is 0.471 e. The summed E-state index contributed by atoms with van der Waals surface area (Å²) in [6, 6.07) is 8.42. The number of carbonyl (C=O) groups is 2. The van der Waals surface area contributed by atoms with Crippen molar-refractivity contribution in [1.29, 1.82) is 0 Å². The summed E-state index contributed by atoms with van der Waals surface area (Å²) in [7, 11) is 0. The third kappa shape index (κ3) is 8.38. The Hall–Kier alpha value is -3.45. The fourth-order valence-electron chi connectivity index (χ4n) is 5.21. The lowest BCUT2D eigenvalue weighted by atomic mass is 9.91. The number of likely N-dealkylation sites (tertiary alicyclic amines) is 1. The zero-order valence-electron chi connectivity index (χ0n) is 25.1. The van der Waals surface area contributed by atoms with E-state index in [1.807, 2.05) is 20.8 Å². The van der Waals surface area contributed by atoms with E-state index in [4.69, 9.17) is 11.6 Å². The topological polar surface area (TPSA) is 113 Å². The Morgan fingerprint density at radius 2 is 1.82 bits per heavy atom. The van der Waals surface area contributed by atoms with E-state index < -0.39 is 23.5 Å². The first-order valence-electron chi connectivity index (χ1n) is 14.1. The minimum absolute atomic E-state index is 0.0336. The summed E-state index contributed by atoms with van der Waals surface area (Å²) >= 11 is 7.33. The number of hydrogen-bond acceptors (Lipinski definition) is 8. The second kappa shape index (κ2) is 13.3. The molecule has 4 heterocycles. The van der Waals surface area contributed by atoms with E-state index in [1.54, 1.807) is 56.6 Å². The second-order valence-corrected chi connectivity index (χ2v) is 13.6. The number of carbonyl (C=O) groups excluding carboxylic acids is 2. The second-order valence-electron chi connectivity index (χ2n) is 12.4. The van der Waals surface area contributed by atoms with Crippen molar-refractivity contribution in [2.45, 2.75) is 82.1 Å². The molecule has 9 nitrogen and oxygen atoms in total. The van der Waals surface area contributed by atoms with Gasteiger partial charge in [-0.3, -0.25) is 14.3 Å². The van der Waals surface area contributed by atoms with Crippen LogP contribution in [0.2, 0.25) is 5.15 Å². The van der Waals surface area contributed by atoms with Gasteiger partial charge in [-0.1, -0.05) is 38.4 Å². The van der Waals surface area contributed by atoms with Crippen molar-refractivity contribution in [2.24, 2.45) is 5.92 Å². The van der Waals surface area contributed by atoms with Crippen LogP contribution < -0.4 is 10.0 Å². The van der Waals surface area contributed by atoms with Crippen molar-refractivity contribution in [3.8, 4) is 0 Å². The van der Waals surface area contributed by atoms with Gasteiger partial charge in [-0.2, -0.15) is 13.2 Å². The molecule has 2 atom stereocenters. The van der Waals surface area contributed by atoms with Crippen LogP contribution in [0.3, 0.4) is 0 Å². The Morgan fingerprint density at radius 1 is 1.11 bits per heavy atom. The zero-order chi connectivity index (χ0) is 32.3. The standard InChI is InChI=1S/C30H35ClF3N7O2S/c1-28(2,3)22-12-10-20(25(31)38-22)26(42)40-44-24-8-6-7-23(39-24)37-21(19-14-35-17-36-15-19)11-9-18-13-29(4,5)41(16-18)27(43)30(32,33)34/h6-8,10,12,14-15,17-18,21H,9,11,13,16H2,1-5H3,(H,37,39)(H,40,42). The fraction of sp³-hybridized carbons (Fsp3) is 0.467. The summed E-state index contributed by atoms with van der Waals surface area (Å²) in [6.45, 7) is 9.38. The van der Waals surface area contributed by atoms with Gasteiger partial charge in [0.1, 0.15) is 22.3 Å². The average Bonchev–Trinajstić information content (AvgIpc) is 3.26. The zero-order valence-corrected chi connectivity index (χ0v) is 26.6. The van der Waals surface area contributed by atoms with Crippen LogP contribution in [-0.2, 0) is 10.2 Å². The molecule has 1 fully saturated rings. The lowest BCUT2D eigenvalue weighted by molar-refractivity contribution is -0.188. The summed E-state index contributed by atoms with van der Waals surface area (Å²) < 4.78 is 42.3. The molecular weight excluding hydrogens is 615 g/mol. The van der Waals surface area contributed by atoms with Crippen LogP contribution >= 0.6 is 23.5 Å². The van der Waals surface area contributed by atoms with Gasteiger partial charge in [0.05, 0.1) is 11.6 Å². The van der Waals surface area contributed by atoms with Gasteiger partial charge in [0.15, 0.2) is 0 Å². The Kier molecular flexibility index (Phi) is 10.1. The predicted octanol–water partition coefficient (Wildman–Crippen LogP) is 6.78. The van der Waals surface area contributed by atoms with Crippen molar-refractivity contribution >= 4 is 41.2 Å². The maximum atomic E-state index is 13.2. The molecule has 1 aliphatic heterocycles. The number of anilines is 1. The van der Waals surface area contributed by atoms with Crippen LogP contribution in [0.15, 0.2) is 54.1 Å². The van der Waals surface area contributed by atoms with Crippen LogP contribution in [0.25, 0.3) is 0 Å². The SMILES string of the molecule is CC(C)(C)c1ccc(C(=O)NSc2cccc(NC(CCC3CN(C(=O)C(F)(F)F)C(C)(C)C3)c3cncnc3)n2)c(Cl)n1. The molecule has 0 aliphatic carbocycles. The van der Waals surface area contributed by atoms with E-state index in [2.05, 4.69) is 30.0 Å². The molecule has 2 N–H and O–H groups in total. The van der Waals surface area contributed by atoms with E-state index in [-0.39, 0.29) is 34.6 Å². The molecule has 2 unspecified atom stereocenters. The number of nitrogens with zero attached hydrogens (tertiary/aromatic N) is 5. The highest BCUT2D eigenvalue weighted by Gasteiger charge is 2.50. The summed E-state index contributed by atoms with van der Waals surface area (Å²) in [5.41, 5.74) is 0.685. The van der Waals surface area contributed by atoms with E-state index in [1.165, 1.54) is 6.33 Å². The van der Waals surface area contributed by atoms with Gasteiger partial charge in [-0.15, -0.1) is 0 Å². The number of halogens is 4. The quantitative estimate of drug-likeness (QED) is 0.193. The van der Waals surface area contributed by atoms with Crippen LogP contribution in [-0.4, -0.2) is 54.9 Å². The summed E-state index contributed by atoms with van der Waals surface area (Å²) in [6.07, 6.45) is 1.39. The van der Waals surface area contributed by atoms with Gasteiger partial charge in [0, 0.05) is 53.1 Å². The molecule has 0 spiro atoms. The Bertz CT molecular complexity index is 1490. The normalized spacial score (nSPS) is 17.3. The first kappa shape index (κ1) is 33.4. The minimum Gasteiger partial charge on any atom is -0.363 e. The molecule has 44 heavy (non-hydrogen) atoms. The van der Waals surface area contributed by atoms with Crippen LogP contribution in [0.4, 0.5) is 19.0 Å². The molecule has 0 saturated carbocycles. The maximum absolute atomic E-state index is 13.2. The van der Waals surface area contributed by atoms with Crippen molar-refractivity contribution in [3.05, 3.63) is 71.0 Å². The molecule has 4 rings (SSSR count). The molecule has 3 aromatic heterocycles. The molecule has 0 radical (unpaired) electrons. The van der Waals surface area contributed by atoms with Crippen LogP contribution in [0, 0.1) is 5.92 Å². The largest absolute Gasteiger partial charge is 0.471 e. The average molecular weight is 650 g/mol. The first-order chi connectivity index (χ1) is 20.5. The molecular formula is C30H35ClF3N7O2S. The van der Waals surface area contributed by atoms with Gasteiger partial charge in [-0.25, -0.2) is 19.9 Å². The molecule has 14 heteroatoms. The van der Waals surface area contributed by atoms with Gasteiger partial charge < -0.3 is 10.2 Å². The van der Waals surface area contributed by atoms with Gasteiger partial charge in [0.2, 0.25) is 0 Å². The highest BCUT2D eigenvalue weighted by Crippen LogP contribution is 2.39. The van der Waals surface area contributed by atoms with E-state index in [0.717, 1.165) is 28.1 Å². The van der Waals surface area contributed by atoms with E-state index in [0.29, 0.717) is 30.1 Å². The molecule has 3 aromatic rings. The number of nitrogens with one attached hydrogen (secondary N) is 2. The molecule has 236 valence electrons. The van der Waals surface area contributed by atoms with Crippen LogP contribution in [0.5, 0.6) is 0 Å². The van der Waals surface area contributed by atoms with Gasteiger partial charge >= 0.3 is 12.1 Å². The number of rotatable bonds is 9. The number of amides is 2. The smallest absolute Gasteiger partial charge is 0.363 e. The minimum atomic E-state index is -4.91. The highest BCUT2D eigenvalue weighted by atomic mass is 35.5. The highest BCUT2D eigenvalue weighted by molar-refractivity contribution is 7.97. The summed E-state index contributed by atoms with van der Waals surface area (Å²) in [5.74, 6) is -1.81. The van der Waals surface area contributed by atoms with E-state index >= 15 is 0 Å². The summed E-state index contributed by atoms with van der Waals surface area (Å²) in [4.78, 5) is 43.0. The lowest BCUT2D eigenvalue weighted by Crippen LogP contribution is -2.48. The van der Waals surface area contributed by atoms with Gasteiger partial charge in [-0.05, 0) is 63.3 Å². The predicted molar refractivity (Wildman–Crippen MR) is 163 cm³/mol. The molecule has 2 amide bonds. The Morgan fingerprint density at radius 3 is 2.45 bits per heavy atom. The van der Waals surface area contributed by atoms with Crippen molar-refractivity contribution in [2.75, 3.05) is 11.9 Å². The Balaban J connectivity index is 1.42. The monoisotopic (exact) mass is 649 g/mol.